The summed E-state index contributed by atoms with van der Waals surface area (Å²) in [5, 5.41) is 3.43. The number of aryl methyl sites for hydroxylation is 1. The molecule has 1 saturated carbocycles. The third-order valence-electron chi connectivity index (χ3n) is 9.55. The van der Waals surface area contributed by atoms with Gasteiger partial charge >= 0.3 is 0 Å². The van der Waals surface area contributed by atoms with Crippen molar-refractivity contribution in [2.24, 2.45) is 10.9 Å². The van der Waals surface area contributed by atoms with Crippen molar-refractivity contribution in [3.05, 3.63) is 53.2 Å². The van der Waals surface area contributed by atoms with Crippen LogP contribution in [0, 0.1) is 12.8 Å². The molecular weight excluding hydrogens is 540 g/mol. The van der Waals surface area contributed by atoms with Gasteiger partial charge in [0.1, 0.15) is 12.4 Å². The molecule has 1 aromatic heterocycles. The summed E-state index contributed by atoms with van der Waals surface area (Å²) in [6.45, 7) is 10.4. The molecule has 230 valence electrons. The van der Waals surface area contributed by atoms with E-state index in [0.717, 1.165) is 87.6 Å². The van der Waals surface area contributed by atoms with Crippen molar-refractivity contribution in [1.82, 2.24) is 20.1 Å². The topological polar surface area (TPSA) is 90.4 Å². The number of hydrogen-bond acceptors (Lipinski definition) is 6. The van der Waals surface area contributed by atoms with E-state index in [1.807, 2.05) is 48.4 Å². The minimum Gasteiger partial charge on any atom is -0.476 e. The predicted octanol–water partition coefficient (Wildman–Crippen LogP) is 4.24. The largest absolute Gasteiger partial charge is 0.476 e. The van der Waals surface area contributed by atoms with Crippen LogP contribution in [0.25, 0.3) is 0 Å². The zero-order valence-electron chi connectivity index (χ0n) is 25.8. The molecule has 0 spiro atoms. The van der Waals surface area contributed by atoms with Crippen LogP contribution in [0.3, 0.4) is 0 Å². The van der Waals surface area contributed by atoms with Crippen LogP contribution in [0.15, 0.2) is 41.5 Å². The molecular formula is C34H46N6O3. The van der Waals surface area contributed by atoms with Gasteiger partial charge in [-0.3, -0.25) is 14.5 Å². The molecule has 4 aliphatic rings. The average Bonchev–Trinajstić information content (AvgIpc) is 3.38. The standard InChI is InChI=1S/C34H46N6O3/c1-24-6-8-26(9-7-24)33(41)37-31-20-28-22-36-32(43-19-18-38-15-4-3-5-16-38)21-30(28)40(31)29-12-10-27(11-13-29)34(42)39-17-14-35-25(2)23-39/h6-9,21-22,25,27,29,35H,3-5,10-20,23H2,1-2H3/t25-,27?,29?/m0/s1. The lowest BCUT2D eigenvalue weighted by Gasteiger charge is -2.39. The molecule has 1 aliphatic carbocycles. The molecule has 2 aromatic rings. The first-order valence-electron chi connectivity index (χ1n) is 16.3. The van der Waals surface area contributed by atoms with Crippen molar-refractivity contribution in [2.75, 3.05) is 50.8 Å². The number of amides is 2. The maximum absolute atomic E-state index is 13.4. The van der Waals surface area contributed by atoms with Crippen molar-refractivity contribution >= 4 is 23.3 Å². The molecule has 3 fully saturated rings. The fraction of sp³-hybridized carbons (Fsp3) is 0.588. The lowest BCUT2D eigenvalue weighted by atomic mass is 9.84. The van der Waals surface area contributed by atoms with Gasteiger partial charge in [-0.1, -0.05) is 24.1 Å². The number of carbonyl (C=O) groups is 2. The summed E-state index contributed by atoms with van der Waals surface area (Å²) >= 11 is 0. The lowest BCUT2D eigenvalue weighted by molar-refractivity contribution is -0.137. The average molecular weight is 587 g/mol. The van der Waals surface area contributed by atoms with Crippen LogP contribution in [0.1, 0.15) is 73.4 Å². The van der Waals surface area contributed by atoms with E-state index in [1.54, 1.807) is 0 Å². The highest BCUT2D eigenvalue weighted by atomic mass is 16.5. The highest BCUT2D eigenvalue weighted by molar-refractivity contribution is 6.12. The van der Waals surface area contributed by atoms with Crippen LogP contribution < -0.4 is 15.0 Å². The van der Waals surface area contributed by atoms with E-state index in [4.69, 9.17) is 4.74 Å². The molecule has 1 aromatic carbocycles. The van der Waals surface area contributed by atoms with Gasteiger partial charge < -0.3 is 19.9 Å². The predicted molar refractivity (Wildman–Crippen MR) is 169 cm³/mol. The molecule has 9 nitrogen and oxygen atoms in total. The number of nitrogens with one attached hydrogen (secondary N) is 1. The number of likely N-dealkylation sites (tertiary alicyclic amines) is 1. The van der Waals surface area contributed by atoms with E-state index in [9.17, 15) is 9.59 Å². The molecule has 1 atom stereocenters. The van der Waals surface area contributed by atoms with Crippen LogP contribution >= 0.6 is 0 Å². The number of ether oxygens (including phenoxy) is 1. The van der Waals surface area contributed by atoms with E-state index in [2.05, 4.69) is 32.0 Å². The number of anilines is 1. The van der Waals surface area contributed by atoms with E-state index in [-0.39, 0.29) is 17.9 Å². The number of aliphatic imine (C=N–C) groups is 1. The molecule has 6 rings (SSSR count). The monoisotopic (exact) mass is 586 g/mol. The fourth-order valence-corrected chi connectivity index (χ4v) is 7.10. The number of amidine groups is 1. The van der Waals surface area contributed by atoms with Crippen molar-refractivity contribution < 1.29 is 14.3 Å². The van der Waals surface area contributed by atoms with Crippen LogP contribution in [0.5, 0.6) is 5.88 Å². The van der Waals surface area contributed by atoms with Gasteiger partial charge in [-0.25, -0.2) is 4.98 Å². The highest BCUT2D eigenvalue weighted by Gasteiger charge is 2.38. The number of piperazine rings is 1. The second-order valence-electron chi connectivity index (χ2n) is 12.8. The first kappa shape index (κ1) is 29.8. The molecule has 3 aliphatic heterocycles. The number of carbonyl (C=O) groups excluding carboxylic acids is 2. The van der Waals surface area contributed by atoms with Gasteiger partial charge in [0.05, 0.1) is 5.69 Å². The first-order chi connectivity index (χ1) is 20.9. The number of benzene rings is 1. The Morgan fingerprint density at radius 2 is 1.81 bits per heavy atom. The second kappa shape index (κ2) is 13.6. The quantitative estimate of drug-likeness (QED) is 0.519. The smallest absolute Gasteiger partial charge is 0.278 e. The SMILES string of the molecule is Cc1ccc(C(=O)N=C2Cc3cnc(OCCN4CCCCC4)cc3N2C2CCC(C(=O)N3CCN[C@@H](C)C3)CC2)cc1. The summed E-state index contributed by atoms with van der Waals surface area (Å²) in [5.41, 5.74) is 3.80. The van der Waals surface area contributed by atoms with E-state index in [1.165, 1.54) is 19.3 Å². The van der Waals surface area contributed by atoms with Gasteiger partial charge in [-0.2, -0.15) is 4.99 Å². The van der Waals surface area contributed by atoms with Gasteiger partial charge in [-0.15, -0.1) is 0 Å². The highest BCUT2D eigenvalue weighted by Crippen LogP contribution is 2.39. The van der Waals surface area contributed by atoms with E-state index < -0.39 is 0 Å². The number of fused-ring (bicyclic) bond motifs is 1. The van der Waals surface area contributed by atoms with Gasteiger partial charge in [-0.05, 0) is 77.6 Å². The van der Waals surface area contributed by atoms with Gasteiger partial charge in [0.2, 0.25) is 11.8 Å². The van der Waals surface area contributed by atoms with Crippen molar-refractivity contribution in [2.45, 2.75) is 77.3 Å². The molecule has 0 unspecified atom stereocenters. The molecule has 9 heteroatoms. The number of aromatic nitrogens is 1. The second-order valence-corrected chi connectivity index (χ2v) is 12.8. The summed E-state index contributed by atoms with van der Waals surface area (Å²) in [7, 11) is 0. The Balaban J connectivity index is 1.18. The number of rotatable bonds is 7. The van der Waals surface area contributed by atoms with Gasteiger partial charge in [0.25, 0.3) is 5.91 Å². The lowest BCUT2D eigenvalue weighted by Crippen LogP contribution is -2.53. The first-order valence-corrected chi connectivity index (χ1v) is 16.3. The van der Waals surface area contributed by atoms with Crippen LogP contribution in [0.2, 0.25) is 0 Å². The van der Waals surface area contributed by atoms with Crippen molar-refractivity contribution in [3.63, 3.8) is 0 Å². The molecule has 2 amide bonds. The Morgan fingerprint density at radius 3 is 2.56 bits per heavy atom. The molecule has 0 radical (unpaired) electrons. The number of piperidine rings is 1. The Kier molecular flexibility index (Phi) is 9.38. The summed E-state index contributed by atoms with van der Waals surface area (Å²) in [4.78, 5) is 42.7. The maximum atomic E-state index is 13.4. The third-order valence-corrected chi connectivity index (χ3v) is 9.55. The molecule has 0 bridgehead atoms. The summed E-state index contributed by atoms with van der Waals surface area (Å²) < 4.78 is 6.15. The Morgan fingerprint density at radius 1 is 1.05 bits per heavy atom. The molecule has 4 heterocycles. The number of pyridine rings is 1. The summed E-state index contributed by atoms with van der Waals surface area (Å²) in [5.74, 6) is 1.51. The fourth-order valence-electron chi connectivity index (χ4n) is 7.10. The molecule has 2 saturated heterocycles. The van der Waals surface area contributed by atoms with E-state index in [0.29, 0.717) is 36.4 Å². The van der Waals surface area contributed by atoms with Crippen LogP contribution in [-0.4, -0.2) is 90.4 Å². The van der Waals surface area contributed by atoms with Crippen molar-refractivity contribution in [3.8, 4) is 5.88 Å². The van der Waals surface area contributed by atoms with Crippen LogP contribution in [-0.2, 0) is 11.2 Å². The van der Waals surface area contributed by atoms with Crippen LogP contribution in [0.4, 0.5) is 5.69 Å². The van der Waals surface area contributed by atoms with Gasteiger partial charge in [0.15, 0.2) is 0 Å². The minimum absolute atomic E-state index is 0.0596. The summed E-state index contributed by atoms with van der Waals surface area (Å²) in [6, 6.07) is 10.1. The molecule has 1 N–H and O–H groups in total. The zero-order chi connectivity index (χ0) is 29.8. The molecule has 43 heavy (non-hydrogen) atoms. The minimum atomic E-state index is -0.226. The number of hydrogen-bond donors (Lipinski definition) is 1. The summed E-state index contributed by atoms with van der Waals surface area (Å²) in [6.07, 6.45) is 9.74. The zero-order valence-corrected chi connectivity index (χ0v) is 25.8. The Hall–Kier alpha value is -3.30. The van der Waals surface area contributed by atoms with Gasteiger partial charge in [0, 0.05) is 74.0 Å². The normalized spacial score (nSPS) is 25.5. The van der Waals surface area contributed by atoms with E-state index >= 15 is 0 Å². The third kappa shape index (κ3) is 7.10. The van der Waals surface area contributed by atoms with Crippen molar-refractivity contribution in [1.29, 1.82) is 0 Å². The maximum Gasteiger partial charge on any atom is 0.278 e. The Bertz CT molecular complexity index is 1310. The number of nitrogens with zero attached hydrogens (tertiary/aromatic N) is 5. The Labute approximate surface area is 255 Å².